The second kappa shape index (κ2) is 4.96. The third-order valence-corrected chi connectivity index (χ3v) is 4.46. The van der Waals surface area contributed by atoms with E-state index in [0.29, 0.717) is 17.7 Å². The zero-order valence-corrected chi connectivity index (χ0v) is 11.7. The summed E-state index contributed by atoms with van der Waals surface area (Å²) in [5.41, 5.74) is 1.60. The van der Waals surface area contributed by atoms with Crippen molar-refractivity contribution in [3.63, 3.8) is 0 Å². The van der Waals surface area contributed by atoms with Crippen LogP contribution in [0.15, 0.2) is 6.07 Å². The first kappa shape index (κ1) is 12.7. The van der Waals surface area contributed by atoms with Crippen LogP contribution in [0.25, 0.3) is 0 Å². The van der Waals surface area contributed by atoms with E-state index in [4.69, 9.17) is 0 Å². The highest BCUT2D eigenvalue weighted by Crippen LogP contribution is 2.30. The predicted octanol–water partition coefficient (Wildman–Crippen LogP) is 1.14. The summed E-state index contributed by atoms with van der Waals surface area (Å²) in [6.45, 7) is 5.06. The fourth-order valence-electron chi connectivity index (χ4n) is 3.44. The number of piperidine rings is 1. The highest BCUT2D eigenvalue weighted by molar-refractivity contribution is 5.92. The minimum absolute atomic E-state index is 0.0981. The third kappa shape index (κ3) is 2.27. The van der Waals surface area contributed by atoms with Crippen molar-refractivity contribution in [3.05, 3.63) is 17.5 Å². The molecule has 1 aromatic heterocycles. The fourth-order valence-corrected chi connectivity index (χ4v) is 3.44. The second-order valence-electron chi connectivity index (χ2n) is 5.82. The number of H-pyrrole nitrogens is 1. The molecule has 1 amide bonds. The van der Waals surface area contributed by atoms with E-state index < -0.39 is 0 Å². The average molecular weight is 262 g/mol. The van der Waals surface area contributed by atoms with E-state index in [9.17, 15) is 4.79 Å². The Kier molecular flexibility index (Phi) is 3.31. The van der Waals surface area contributed by atoms with Gasteiger partial charge in [0.15, 0.2) is 0 Å². The van der Waals surface area contributed by atoms with Gasteiger partial charge in [-0.15, -0.1) is 0 Å². The number of nitrogens with zero attached hydrogens (tertiary/aromatic N) is 3. The van der Waals surface area contributed by atoms with Crippen LogP contribution in [0.3, 0.4) is 0 Å². The van der Waals surface area contributed by atoms with Crippen molar-refractivity contribution < 1.29 is 4.79 Å². The molecule has 0 spiro atoms. The molecule has 0 radical (unpaired) electrons. The van der Waals surface area contributed by atoms with Gasteiger partial charge in [-0.25, -0.2) is 0 Å². The number of fused-ring (bicyclic) bond motifs is 1. The lowest BCUT2D eigenvalue weighted by Crippen LogP contribution is -2.48. The average Bonchev–Trinajstić information content (AvgIpc) is 3.02. The first-order chi connectivity index (χ1) is 9.19. The molecule has 2 saturated heterocycles. The summed E-state index contributed by atoms with van der Waals surface area (Å²) in [5.74, 6) is 0.744. The first-order valence-electron chi connectivity index (χ1n) is 7.23. The van der Waals surface area contributed by atoms with Crippen molar-refractivity contribution in [2.75, 3.05) is 26.7 Å². The lowest BCUT2D eigenvalue weighted by molar-refractivity contribution is 0.0565. The predicted molar refractivity (Wildman–Crippen MR) is 73.0 cm³/mol. The Morgan fingerprint density at radius 2 is 2.37 bits per heavy atom. The van der Waals surface area contributed by atoms with Gasteiger partial charge in [0.2, 0.25) is 0 Å². The molecule has 2 aliphatic rings. The summed E-state index contributed by atoms with van der Waals surface area (Å²) in [6, 6.07) is 2.28. The zero-order chi connectivity index (χ0) is 13.4. The van der Waals surface area contributed by atoms with Crippen LogP contribution in [0.1, 0.15) is 35.9 Å². The van der Waals surface area contributed by atoms with Gasteiger partial charge >= 0.3 is 0 Å². The number of likely N-dealkylation sites (N-methyl/N-ethyl adjacent to an activating group) is 1. The van der Waals surface area contributed by atoms with Gasteiger partial charge in [-0.3, -0.25) is 9.89 Å². The number of aromatic nitrogens is 2. The summed E-state index contributed by atoms with van der Waals surface area (Å²) >= 11 is 0. The van der Waals surface area contributed by atoms with E-state index in [1.54, 1.807) is 0 Å². The number of carbonyl (C=O) groups excluding carboxylic acids is 1. The van der Waals surface area contributed by atoms with E-state index in [1.165, 1.54) is 6.42 Å². The molecule has 1 N–H and O–H groups in total. The summed E-state index contributed by atoms with van der Waals surface area (Å²) in [7, 11) is 2.14. The number of amides is 1. The van der Waals surface area contributed by atoms with Crippen molar-refractivity contribution >= 4 is 5.91 Å². The van der Waals surface area contributed by atoms with E-state index in [1.807, 2.05) is 11.0 Å². The molecule has 5 heteroatoms. The number of rotatable bonds is 2. The molecule has 2 atom stereocenters. The smallest absolute Gasteiger partial charge is 0.274 e. The Bertz CT molecular complexity index is 470. The fraction of sp³-hybridized carbons (Fsp3) is 0.714. The van der Waals surface area contributed by atoms with Crippen LogP contribution in [0, 0.1) is 5.92 Å². The van der Waals surface area contributed by atoms with Crippen molar-refractivity contribution in [2.24, 2.45) is 5.92 Å². The molecule has 0 aromatic carbocycles. The quantitative estimate of drug-likeness (QED) is 0.869. The van der Waals surface area contributed by atoms with Crippen LogP contribution in [0.5, 0.6) is 0 Å². The van der Waals surface area contributed by atoms with E-state index >= 15 is 0 Å². The molecule has 2 aliphatic heterocycles. The molecule has 0 bridgehead atoms. The zero-order valence-electron chi connectivity index (χ0n) is 11.7. The van der Waals surface area contributed by atoms with Gasteiger partial charge in [0.1, 0.15) is 5.69 Å². The summed E-state index contributed by atoms with van der Waals surface area (Å²) < 4.78 is 0. The van der Waals surface area contributed by atoms with Crippen LogP contribution in [0.4, 0.5) is 0 Å². The van der Waals surface area contributed by atoms with Gasteiger partial charge in [-0.1, -0.05) is 6.92 Å². The number of likely N-dealkylation sites (tertiary alicyclic amines) is 2. The van der Waals surface area contributed by atoms with Crippen LogP contribution >= 0.6 is 0 Å². The monoisotopic (exact) mass is 262 g/mol. The van der Waals surface area contributed by atoms with Crippen molar-refractivity contribution in [1.29, 1.82) is 0 Å². The second-order valence-corrected chi connectivity index (χ2v) is 5.82. The molecule has 0 aliphatic carbocycles. The third-order valence-electron chi connectivity index (χ3n) is 4.46. The van der Waals surface area contributed by atoms with Crippen LogP contribution < -0.4 is 0 Å². The summed E-state index contributed by atoms with van der Waals surface area (Å²) in [4.78, 5) is 17.0. The Morgan fingerprint density at radius 1 is 1.53 bits per heavy atom. The number of nitrogens with one attached hydrogen (secondary N) is 1. The highest BCUT2D eigenvalue weighted by atomic mass is 16.2. The van der Waals surface area contributed by atoms with Gasteiger partial charge < -0.3 is 9.80 Å². The van der Waals surface area contributed by atoms with Crippen LogP contribution in [-0.4, -0.2) is 58.6 Å². The lowest BCUT2D eigenvalue weighted by Gasteiger charge is -2.36. The summed E-state index contributed by atoms with van der Waals surface area (Å²) in [5, 5.41) is 7.10. The van der Waals surface area contributed by atoms with E-state index in [-0.39, 0.29) is 5.91 Å². The standard InChI is InChI=1S/C14H22N4O/c1-3-11-7-12(16-15-11)14(19)18-6-4-5-10-8-17(2)9-13(10)18/h7,10,13H,3-6,8-9H2,1-2H3,(H,15,16)/t10-,13+/m0/s1. The molecule has 19 heavy (non-hydrogen) atoms. The number of carbonyl (C=O) groups is 1. The molecule has 0 unspecified atom stereocenters. The maximum atomic E-state index is 12.6. The Labute approximate surface area is 114 Å². The minimum atomic E-state index is 0.0981. The molecule has 3 rings (SSSR count). The normalized spacial score (nSPS) is 27.6. The lowest BCUT2D eigenvalue weighted by atomic mass is 9.92. The maximum absolute atomic E-state index is 12.6. The molecular formula is C14H22N4O. The van der Waals surface area contributed by atoms with Crippen molar-refractivity contribution in [2.45, 2.75) is 32.2 Å². The van der Waals surface area contributed by atoms with Crippen molar-refractivity contribution in [1.82, 2.24) is 20.0 Å². The maximum Gasteiger partial charge on any atom is 0.274 e. The molecule has 5 nitrogen and oxygen atoms in total. The van der Waals surface area contributed by atoms with Gasteiger partial charge in [0.25, 0.3) is 5.91 Å². The van der Waals surface area contributed by atoms with Gasteiger partial charge in [0.05, 0.1) is 0 Å². The Hall–Kier alpha value is -1.36. The van der Waals surface area contributed by atoms with E-state index in [0.717, 1.165) is 38.2 Å². The number of aromatic amines is 1. The molecule has 3 heterocycles. The summed E-state index contributed by atoms with van der Waals surface area (Å²) in [6.07, 6.45) is 3.25. The van der Waals surface area contributed by atoms with E-state index in [2.05, 4.69) is 29.1 Å². The van der Waals surface area contributed by atoms with Gasteiger partial charge in [-0.2, -0.15) is 5.10 Å². The number of hydrogen-bond acceptors (Lipinski definition) is 3. The SMILES string of the molecule is CCc1cc(C(=O)N2CCC[C@H]3CN(C)C[C@H]32)n[nH]1. The molecule has 2 fully saturated rings. The van der Waals surface area contributed by atoms with Crippen LogP contribution in [0.2, 0.25) is 0 Å². The molecular weight excluding hydrogens is 240 g/mol. The highest BCUT2D eigenvalue weighted by Gasteiger charge is 2.40. The topological polar surface area (TPSA) is 52.2 Å². The number of aryl methyl sites for hydroxylation is 1. The van der Waals surface area contributed by atoms with Crippen molar-refractivity contribution in [3.8, 4) is 0 Å². The van der Waals surface area contributed by atoms with Gasteiger partial charge in [0, 0.05) is 31.4 Å². The molecule has 1 aromatic rings. The minimum Gasteiger partial charge on any atom is -0.333 e. The Balaban J connectivity index is 1.78. The van der Waals surface area contributed by atoms with Gasteiger partial charge in [-0.05, 0) is 38.3 Å². The largest absolute Gasteiger partial charge is 0.333 e. The Morgan fingerprint density at radius 3 is 3.11 bits per heavy atom. The number of hydrogen-bond donors (Lipinski definition) is 1. The molecule has 104 valence electrons. The first-order valence-corrected chi connectivity index (χ1v) is 7.23. The molecule has 0 saturated carbocycles. The van der Waals surface area contributed by atoms with Crippen LogP contribution in [-0.2, 0) is 6.42 Å².